The summed E-state index contributed by atoms with van der Waals surface area (Å²) >= 11 is 1.65. The summed E-state index contributed by atoms with van der Waals surface area (Å²) in [6.07, 6.45) is 2.81. The second kappa shape index (κ2) is 6.19. The quantitative estimate of drug-likeness (QED) is 0.778. The molecule has 0 unspecified atom stereocenters. The maximum atomic E-state index is 5.52. The van der Waals surface area contributed by atoms with Crippen LogP contribution >= 0.6 is 11.8 Å². The van der Waals surface area contributed by atoms with Crippen LogP contribution in [0.5, 0.6) is 0 Å². The molecule has 0 spiro atoms. The largest absolute Gasteiger partial charge is 0.391 e. The monoisotopic (exact) mass is 269 g/mol. The van der Waals surface area contributed by atoms with Crippen LogP contribution in [0.3, 0.4) is 0 Å². The molecule has 0 aromatic carbocycles. The molecule has 0 bridgehead atoms. The second-order valence-electron chi connectivity index (χ2n) is 4.25. The van der Waals surface area contributed by atoms with Gasteiger partial charge in [0.25, 0.3) is 0 Å². The Hall–Kier alpha value is -1.08. The summed E-state index contributed by atoms with van der Waals surface area (Å²) < 4.78 is 1.99. The lowest BCUT2D eigenvalue weighted by Gasteiger charge is -2.07. The maximum Gasteiger partial charge on any atom is 0.191 e. The van der Waals surface area contributed by atoms with E-state index in [1.165, 1.54) is 0 Å². The van der Waals surface area contributed by atoms with Gasteiger partial charge in [0, 0.05) is 25.6 Å². The van der Waals surface area contributed by atoms with Crippen LogP contribution in [0.1, 0.15) is 25.6 Å². The van der Waals surface area contributed by atoms with Gasteiger partial charge >= 0.3 is 0 Å². The Balaban J connectivity index is 1.84. The summed E-state index contributed by atoms with van der Waals surface area (Å²) in [6.45, 7) is 2.69. The summed E-state index contributed by atoms with van der Waals surface area (Å²) in [4.78, 5) is 5.36. The summed E-state index contributed by atoms with van der Waals surface area (Å²) in [5, 5.41) is 13.2. The zero-order valence-corrected chi connectivity index (χ0v) is 11.6. The van der Waals surface area contributed by atoms with Crippen LogP contribution in [0.4, 0.5) is 0 Å². The Bertz CT molecular complexity index is 431. The van der Waals surface area contributed by atoms with Crippen molar-refractivity contribution in [2.75, 3.05) is 12.3 Å². The Labute approximate surface area is 111 Å². The van der Waals surface area contributed by atoms with Gasteiger partial charge in [-0.3, -0.25) is 0 Å². The van der Waals surface area contributed by atoms with E-state index in [0.29, 0.717) is 6.54 Å². The van der Waals surface area contributed by atoms with Crippen LogP contribution in [-0.2, 0) is 18.3 Å². The Morgan fingerprint density at radius 2 is 2.33 bits per heavy atom. The number of thioether (sulfide) groups is 1. The predicted octanol–water partition coefficient (Wildman–Crippen LogP) is 0.963. The first-order valence-corrected chi connectivity index (χ1v) is 7.15. The van der Waals surface area contributed by atoms with Crippen molar-refractivity contribution in [1.82, 2.24) is 14.8 Å². The fourth-order valence-corrected chi connectivity index (χ4v) is 2.68. The first kappa shape index (κ1) is 13.4. The summed E-state index contributed by atoms with van der Waals surface area (Å²) in [5.41, 5.74) is 6.66. The lowest BCUT2D eigenvalue weighted by molar-refractivity contribution is 0.103. The standard InChI is InChI=1S/C11H19N5OS/c1-3-8-6-9(17-15-8)7-18-11-14-13-10(4-5-12)16(11)2/h9H,3-7,12H2,1-2H3/t9-/m1/s1. The minimum absolute atomic E-state index is 0.166. The van der Waals surface area contributed by atoms with Crippen molar-refractivity contribution < 1.29 is 4.84 Å². The van der Waals surface area contributed by atoms with E-state index in [1.54, 1.807) is 11.8 Å². The summed E-state index contributed by atoms with van der Waals surface area (Å²) in [5.74, 6) is 1.78. The van der Waals surface area contributed by atoms with Crippen molar-refractivity contribution in [1.29, 1.82) is 0 Å². The van der Waals surface area contributed by atoms with Crippen molar-refractivity contribution in [3.05, 3.63) is 5.82 Å². The van der Waals surface area contributed by atoms with Crippen molar-refractivity contribution >= 4 is 17.5 Å². The van der Waals surface area contributed by atoms with E-state index in [2.05, 4.69) is 22.3 Å². The molecular weight excluding hydrogens is 250 g/mol. The highest BCUT2D eigenvalue weighted by molar-refractivity contribution is 7.99. The van der Waals surface area contributed by atoms with E-state index >= 15 is 0 Å². The number of nitrogens with two attached hydrogens (primary N) is 1. The van der Waals surface area contributed by atoms with E-state index < -0.39 is 0 Å². The number of aromatic nitrogens is 3. The lowest BCUT2D eigenvalue weighted by atomic mass is 10.2. The normalized spacial score (nSPS) is 18.8. The van der Waals surface area contributed by atoms with Crippen LogP contribution in [0.25, 0.3) is 0 Å². The van der Waals surface area contributed by atoms with Crippen molar-refractivity contribution in [3.63, 3.8) is 0 Å². The van der Waals surface area contributed by atoms with Gasteiger partial charge in [-0.15, -0.1) is 10.2 Å². The molecule has 1 aromatic rings. The van der Waals surface area contributed by atoms with E-state index in [4.69, 9.17) is 10.6 Å². The van der Waals surface area contributed by atoms with Crippen LogP contribution in [0.2, 0.25) is 0 Å². The minimum atomic E-state index is 0.166. The molecule has 2 rings (SSSR count). The minimum Gasteiger partial charge on any atom is -0.391 e. The smallest absolute Gasteiger partial charge is 0.191 e. The van der Waals surface area contributed by atoms with Gasteiger partial charge in [0.05, 0.1) is 5.71 Å². The molecule has 1 aliphatic rings. The molecule has 2 N–H and O–H groups in total. The Kier molecular flexibility index (Phi) is 4.60. The van der Waals surface area contributed by atoms with Gasteiger partial charge in [-0.25, -0.2) is 0 Å². The van der Waals surface area contributed by atoms with E-state index in [-0.39, 0.29) is 6.10 Å². The number of hydrogen-bond donors (Lipinski definition) is 1. The molecule has 0 aliphatic carbocycles. The molecule has 0 fully saturated rings. The molecule has 0 amide bonds. The van der Waals surface area contributed by atoms with Gasteiger partial charge in [-0.1, -0.05) is 23.8 Å². The molecule has 2 heterocycles. The third-order valence-electron chi connectivity index (χ3n) is 2.89. The third-order valence-corrected chi connectivity index (χ3v) is 4.05. The highest BCUT2D eigenvalue weighted by Crippen LogP contribution is 2.22. The molecule has 0 saturated carbocycles. The van der Waals surface area contributed by atoms with E-state index in [0.717, 1.165) is 41.7 Å². The van der Waals surface area contributed by atoms with Crippen LogP contribution in [0.15, 0.2) is 10.3 Å². The van der Waals surface area contributed by atoms with Crippen molar-refractivity contribution in [2.45, 2.75) is 37.4 Å². The molecule has 0 radical (unpaired) electrons. The topological polar surface area (TPSA) is 78.3 Å². The van der Waals surface area contributed by atoms with Gasteiger partial charge in [0.1, 0.15) is 11.9 Å². The molecule has 0 saturated heterocycles. The summed E-state index contributed by atoms with van der Waals surface area (Å²) in [7, 11) is 1.97. The number of oxime groups is 1. The lowest BCUT2D eigenvalue weighted by Crippen LogP contribution is -2.12. The van der Waals surface area contributed by atoms with E-state index in [9.17, 15) is 0 Å². The van der Waals surface area contributed by atoms with Crippen molar-refractivity contribution in [3.8, 4) is 0 Å². The summed E-state index contributed by atoms with van der Waals surface area (Å²) in [6, 6.07) is 0. The van der Waals surface area contributed by atoms with Crippen LogP contribution in [0, 0.1) is 0 Å². The number of nitrogens with zero attached hydrogens (tertiary/aromatic N) is 4. The van der Waals surface area contributed by atoms with Gasteiger partial charge < -0.3 is 15.1 Å². The van der Waals surface area contributed by atoms with Gasteiger partial charge in [-0.2, -0.15) is 0 Å². The average molecular weight is 269 g/mol. The van der Waals surface area contributed by atoms with Gasteiger partial charge in [-0.05, 0) is 13.0 Å². The van der Waals surface area contributed by atoms with Gasteiger partial charge in [0.2, 0.25) is 0 Å². The first-order chi connectivity index (χ1) is 8.74. The van der Waals surface area contributed by atoms with Gasteiger partial charge in [0.15, 0.2) is 5.16 Å². The van der Waals surface area contributed by atoms with Crippen LogP contribution < -0.4 is 5.73 Å². The molecule has 18 heavy (non-hydrogen) atoms. The zero-order chi connectivity index (χ0) is 13.0. The highest BCUT2D eigenvalue weighted by Gasteiger charge is 2.21. The third kappa shape index (κ3) is 3.02. The number of hydrogen-bond acceptors (Lipinski definition) is 6. The second-order valence-corrected chi connectivity index (χ2v) is 5.24. The van der Waals surface area contributed by atoms with Crippen LogP contribution in [-0.4, -0.2) is 38.9 Å². The molecule has 100 valence electrons. The Morgan fingerprint density at radius 1 is 1.50 bits per heavy atom. The number of rotatable bonds is 6. The molecule has 6 nitrogen and oxygen atoms in total. The highest BCUT2D eigenvalue weighted by atomic mass is 32.2. The predicted molar refractivity (Wildman–Crippen MR) is 71.7 cm³/mol. The molecule has 7 heteroatoms. The van der Waals surface area contributed by atoms with Crippen molar-refractivity contribution in [2.24, 2.45) is 17.9 Å². The molecule has 1 atom stereocenters. The molecular formula is C11H19N5OS. The van der Waals surface area contributed by atoms with E-state index in [1.807, 2.05) is 11.6 Å². The molecule has 1 aromatic heterocycles. The fourth-order valence-electron chi connectivity index (χ4n) is 1.77. The zero-order valence-electron chi connectivity index (χ0n) is 10.8. The molecule has 1 aliphatic heterocycles. The average Bonchev–Trinajstić information content (AvgIpc) is 2.96. The Morgan fingerprint density at radius 3 is 3.00 bits per heavy atom. The fraction of sp³-hybridized carbons (Fsp3) is 0.727. The first-order valence-electron chi connectivity index (χ1n) is 6.17. The maximum absolute atomic E-state index is 5.52. The SMILES string of the molecule is CCC1=NO[C@@H](CSc2nnc(CCN)n2C)C1.